The Hall–Kier alpha value is -2.21. The van der Waals surface area contributed by atoms with Crippen LogP contribution >= 0.6 is 34.8 Å². The summed E-state index contributed by atoms with van der Waals surface area (Å²) in [5.41, 5.74) is 1.08. The number of hydrogen-bond acceptors (Lipinski definition) is 3. The second-order valence-electron chi connectivity index (χ2n) is 5.29. The summed E-state index contributed by atoms with van der Waals surface area (Å²) in [6.45, 7) is 5.36. The number of benzene rings is 2. The Morgan fingerprint density at radius 3 is 2.36 bits per heavy atom. The molecule has 0 saturated carbocycles. The number of urea groups is 1. The summed E-state index contributed by atoms with van der Waals surface area (Å²) in [5.74, 6) is 0.223. The highest BCUT2D eigenvalue weighted by Crippen LogP contribution is 2.40. The third-order valence-corrected chi connectivity index (χ3v) is 4.35. The zero-order valence-electron chi connectivity index (χ0n) is 12.9. The van der Waals surface area contributed by atoms with Gasteiger partial charge in [-0.05, 0) is 42.8 Å². The van der Waals surface area contributed by atoms with Gasteiger partial charge in [0, 0.05) is 5.02 Å². The minimum absolute atomic E-state index is 0.0230. The molecule has 1 N–H and O–H groups in total. The molecule has 8 heteroatoms. The van der Waals surface area contributed by atoms with Crippen LogP contribution in [0.2, 0.25) is 15.1 Å². The molecule has 1 heterocycles. The molecular formula is C17H11Cl3N2O3. The monoisotopic (exact) mass is 396 g/mol. The summed E-state index contributed by atoms with van der Waals surface area (Å²) in [5, 5.41) is 3.24. The number of imide groups is 1. The topological polar surface area (TPSA) is 58.6 Å². The van der Waals surface area contributed by atoms with Crippen LogP contribution in [-0.4, -0.2) is 11.9 Å². The van der Waals surface area contributed by atoms with E-state index in [1.807, 2.05) is 0 Å². The lowest BCUT2D eigenvalue weighted by Gasteiger charge is -2.18. The molecule has 5 nitrogen and oxygen atoms in total. The van der Waals surface area contributed by atoms with Gasteiger partial charge in [-0.3, -0.25) is 15.0 Å². The molecular weight excluding hydrogens is 387 g/mol. The fourth-order valence-corrected chi connectivity index (χ4v) is 3.11. The summed E-state index contributed by atoms with van der Waals surface area (Å²) in [7, 11) is 0. The van der Waals surface area contributed by atoms with Gasteiger partial charge in [0.25, 0.3) is 5.91 Å². The van der Waals surface area contributed by atoms with Crippen LogP contribution in [-0.2, 0) is 4.79 Å². The van der Waals surface area contributed by atoms with Crippen molar-refractivity contribution in [2.45, 2.75) is 6.92 Å². The molecule has 0 bridgehead atoms. The van der Waals surface area contributed by atoms with Crippen molar-refractivity contribution in [2.24, 2.45) is 0 Å². The van der Waals surface area contributed by atoms with Gasteiger partial charge in [0.05, 0.1) is 15.7 Å². The second-order valence-corrected chi connectivity index (χ2v) is 6.54. The van der Waals surface area contributed by atoms with Gasteiger partial charge in [0.1, 0.15) is 17.2 Å². The number of carbonyl (C=O) groups excluding carboxylic acids is 2. The summed E-state index contributed by atoms with van der Waals surface area (Å²) in [6.07, 6.45) is 0. The average Bonchev–Trinajstić information content (AvgIpc) is 2.77. The van der Waals surface area contributed by atoms with Crippen molar-refractivity contribution in [3.05, 3.63) is 63.2 Å². The zero-order valence-corrected chi connectivity index (χ0v) is 15.2. The number of halogens is 3. The Labute approximate surface area is 158 Å². The number of aryl methyl sites for hydroxylation is 1. The molecule has 1 fully saturated rings. The normalized spacial score (nSPS) is 14.1. The molecule has 25 heavy (non-hydrogen) atoms. The lowest BCUT2D eigenvalue weighted by Crippen LogP contribution is -2.27. The molecule has 3 amide bonds. The van der Waals surface area contributed by atoms with Crippen LogP contribution in [0.1, 0.15) is 5.56 Å². The molecule has 0 spiro atoms. The Morgan fingerprint density at radius 2 is 1.80 bits per heavy atom. The number of carbonyl (C=O) groups is 2. The highest BCUT2D eigenvalue weighted by molar-refractivity contribution is 6.35. The van der Waals surface area contributed by atoms with E-state index in [2.05, 4.69) is 11.9 Å². The Balaban J connectivity index is 1.97. The second kappa shape index (κ2) is 6.59. The summed E-state index contributed by atoms with van der Waals surface area (Å²) >= 11 is 18.3. The first-order valence-electron chi connectivity index (χ1n) is 7.05. The Bertz CT molecular complexity index is 904. The number of nitrogens with zero attached hydrogens (tertiary/aromatic N) is 1. The van der Waals surface area contributed by atoms with E-state index in [0.29, 0.717) is 32.8 Å². The molecule has 3 rings (SSSR count). The third-order valence-electron chi connectivity index (χ3n) is 3.53. The van der Waals surface area contributed by atoms with Crippen molar-refractivity contribution in [1.82, 2.24) is 5.32 Å². The molecule has 0 atom stereocenters. The molecule has 1 aliphatic heterocycles. The molecule has 1 aliphatic rings. The van der Waals surface area contributed by atoms with Crippen molar-refractivity contribution >= 4 is 52.4 Å². The number of nitrogens with one attached hydrogen (secondary N) is 1. The van der Waals surface area contributed by atoms with Crippen LogP contribution in [0.15, 0.2) is 42.6 Å². The van der Waals surface area contributed by atoms with Crippen molar-refractivity contribution in [1.29, 1.82) is 0 Å². The van der Waals surface area contributed by atoms with Crippen LogP contribution in [0.5, 0.6) is 11.5 Å². The molecule has 1 saturated heterocycles. The van der Waals surface area contributed by atoms with E-state index in [9.17, 15) is 9.59 Å². The highest BCUT2D eigenvalue weighted by atomic mass is 35.5. The molecule has 2 aromatic rings. The number of ether oxygens (including phenoxy) is 1. The number of rotatable bonds is 3. The van der Waals surface area contributed by atoms with Crippen molar-refractivity contribution in [3.8, 4) is 11.5 Å². The zero-order chi connectivity index (χ0) is 18.3. The van der Waals surface area contributed by atoms with Crippen LogP contribution in [0.4, 0.5) is 10.5 Å². The number of hydrogen-bond donors (Lipinski definition) is 1. The van der Waals surface area contributed by atoms with Gasteiger partial charge in [0.2, 0.25) is 0 Å². The fourth-order valence-electron chi connectivity index (χ4n) is 2.36. The lowest BCUT2D eigenvalue weighted by molar-refractivity contribution is -0.115. The number of anilines is 1. The Kier molecular flexibility index (Phi) is 4.64. The SMILES string of the molecule is C=C1C(=O)NC(=O)N1c1cc(C)c(Oc2ccc(Cl)cc2Cl)c(Cl)c1. The maximum absolute atomic E-state index is 11.9. The van der Waals surface area contributed by atoms with Crippen LogP contribution in [0.25, 0.3) is 0 Å². The van der Waals surface area contributed by atoms with Gasteiger partial charge in [-0.1, -0.05) is 41.4 Å². The maximum atomic E-state index is 11.9. The highest BCUT2D eigenvalue weighted by Gasteiger charge is 2.33. The first kappa shape index (κ1) is 17.6. The molecule has 0 aromatic heterocycles. The van der Waals surface area contributed by atoms with Gasteiger partial charge in [-0.25, -0.2) is 4.79 Å². The third kappa shape index (κ3) is 3.31. The van der Waals surface area contributed by atoms with Crippen LogP contribution in [0.3, 0.4) is 0 Å². The number of amides is 3. The first-order chi connectivity index (χ1) is 11.8. The molecule has 0 aliphatic carbocycles. The fraction of sp³-hybridized carbons (Fsp3) is 0.0588. The predicted octanol–water partition coefficient (Wildman–Crippen LogP) is 5.32. The predicted molar refractivity (Wildman–Crippen MR) is 97.9 cm³/mol. The summed E-state index contributed by atoms with van der Waals surface area (Å²) in [6, 6.07) is 7.42. The van der Waals surface area contributed by atoms with Crippen LogP contribution < -0.4 is 15.0 Å². The standard InChI is InChI=1S/C17H11Cl3N2O3/c1-8-5-11(22-9(2)16(23)21-17(22)24)7-13(20)15(8)25-14-4-3-10(18)6-12(14)19/h3-7H,2H2,1H3,(H,21,23,24). The molecule has 2 aromatic carbocycles. The first-order valence-corrected chi connectivity index (χ1v) is 8.18. The molecule has 128 valence electrons. The molecule has 0 unspecified atom stereocenters. The van der Waals surface area contributed by atoms with Gasteiger partial charge < -0.3 is 4.74 Å². The van der Waals surface area contributed by atoms with E-state index in [4.69, 9.17) is 39.5 Å². The minimum Gasteiger partial charge on any atom is -0.454 e. The lowest BCUT2D eigenvalue weighted by atomic mass is 10.1. The van der Waals surface area contributed by atoms with Crippen LogP contribution in [0, 0.1) is 6.92 Å². The van der Waals surface area contributed by atoms with E-state index in [1.165, 1.54) is 6.07 Å². The largest absolute Gasteiger partial charge is 0.454 e. The van der Waals surface area contributed by atoms with Gasteiger partial charge >= 0.3 is 6.03 Å². The van der Waals surface area contributed by atoms with E-state index in [1.54, 1.807) is 31.2 Å². The summed E-state index contributed by atoms with van der Waals surface area (Å²) in [4.78, 5) is 24.6. The van der Waals surface area contributed by atoms with E-state index in [-0.39, 0.29) is 10.7 Å². The van der Waals surface area contributed by atoms with E-state index < -0.39 is 11.9 Å². The van der Waals surface area contributed by atoms with E-state index >= 15 is 0 Å². The average molecular weight is 398 g/mol. The minimum atomic E-state index is -0.583. The van der Waals surface area contributed by atoms with Crippen molar-refractivity contribution in [2.75, 3.05) is 4.90 Å². The quantitative estimate of drug-likeness (QED) is 0.563. The Morgan fingerprint density at radius 1 is 1.08 bits per heavy atom. The van der Waals surface area contributed by atoms with Crippen molar-refractivity contribution < 1.29 is 14.3 Å². The molecule has 0 radical (unpaired) electrons. The van der Waals surface area contributed by atoms with Gasteiger partial charge in [-0.15, -0.1) is 0 Å². The summed E-state index contributed by atoms with van der Waals surface area (Å²) < 4.78 is 5.79. The van der Waals surface area contributed by atoms with Gasteiger partial charge in [0.15, 0.2) is 0 Å². The van der Waals surface area contributed by atoms with E-state index in [0.717, 1.165) is 4.90 Å². The maximum Gasteiger partial charge on any atom is 0.333 e. The van der Waals surface area contributed by atoms with Crippen molar-refractivity contribution in [3.63, 3.8) is 0 Å². The smallest absolute Gasteiger partial charge is 0.333 e. The van der Waals surface area contributed by atoms with Gasteiger partial charge in [-0.2, -0.15) is 0 Å².